The molecule has 0 spiro atoms. The van der Waals surface area contributed by atoms with Crippen molar-refractivity contribution in [2.45, 2.75) is 12.6 Å². The zero-order valence-electron chi connectivity index (χ0n) is 14.2. The molecule has 1 saturated heterocycles. The maximum atomic E-state index is 12.5. The van der Waals surface area contributed by atoms with E-state index in [1.165, 1.54) is 19.2 Å². The summed E-state index contributed by atoms with van der Waals surface area (Å²) in [6, 6.07) is 6.12. The van der Waals surface area contributed by atoms with Crippen LogP contribution in [0.4, 0.5) is 5.69 Å². The Labute approximate surface area is 146 Å². The smallest absolute Gasteiger partial charge is 0.249 e. The minimum atomic E-state index is -0.251. The van der Waals surface area contributed by atoms with Crippen LogP contribution in [-0.4, -0.2) is 55.8 Å². The van der Waals surface area contributed by atoms with Gasteiger partial charge >= 0.3 is 0 Å². The molecule has 25 heavy (non-hydrogen) atoms. The Morgan fingerprint density at radius 3 is 2.92 bits per heavy atom. The summed E-state index contributed by atoms with van der Waals surface area (Å²) in [4.78, 5) is 20.6. The standard InChI is InChI=1S/C18H21N3O4/c1-23-11-17(22)21-10-13-8-14(20-4-6-24-7-5-20)2-3-15(13)18(21)16-9-19-12-25-16/h2-3,8-9,12,18H,4-7,10-11H2,1H3. The lowest BCUT2D eigenvalue weighted by atomic mass is 10.0. The fourth-order valence-corrected chi connectivity index (χ4v) is 3.56. The van der Waals surface area contributed by atoms with E-state index in [0.29, 0.717) is 12.3 Å². The van der Waals surface area contributed by atoms with E-state index < -0.39 is 0 Å². The highest BCUT2D eigenvalue weighted by molar-refractivity contribution is 5.79. The monoisotopic (exact) mass is 343 g/mol. The number of aromatic nitrogens is 1. The number of rotatable bonds is 4. The Morgan fingerprint density at radius 2 is 2.20 bits per heavy atom. The molecule has 1 unspecified atom stereocenters. The average Bonchev–Trinajstić information content (AvgIpc) is 3.29. The first-order valence-corrected chi connectivity index (χ1v) is 8.40. The summed E-state index contributed by atoms with van der Waals surface area (Å²) in [5.74, 6) is 0.607. The summed E-state index contributed by atoms with van der Waals surface area (Å²) in [5.41, 5.74) is 3.38. The Morgan fingerprint density at radius 1 is 1.36 bits per heavy atom. The highest BCUT2D eigenvalue weighted by Crippen LogP contribution is 2.40. The third-order valence-electron chi connectivity index (χ3n) is 4.76. The van der Waals surface area contributed by atoms with Crippen LogP contribution in [0.25, 0.3) is 0 Å². The first-order chi connectivity index (χ1) is 12.3. The molecular weight excluding hydrogens is 322 g/mol. The second-order valence-corrected chi connectivity index (χ2v) is 6.24. The molecule has 0 radical (unpaired) electrons. The van der Waals surface area contributed by atoms with E-state index in [-0.39, 0.29) is 18.6 Å². The van der Waals surface area contributed by atoms with Crippen molar-refractivity contribution < 1.29 is 18.7 Å². The summed E-state index contributed by atoms with van der Waals surface area (Å²) in [6.07, 6.45) is 3.07. The fourth-order valence-electron chi connectivity index (χ4n) is 3.56. The van der Waals surface area contributed by atoms with Crippen LogP contribution < -0.4 is 4.90 Å². The Bertz CT molecular complexity index is 741. The van der Waals surface area contributed by atoms with E-state index in [4.69, 9.17) is 13.9 Å². The van der Waals surface area contributed by atoms with Gasteiger partial charge in [0.1, 0.15) is 12.6 Å². The number of methoxy groups -OCH3 is 1. The molecule has 0 N–H and O–H groups in total. The molecule has 1 fully saturated rings. The molecule has 132 valence electrons. The van der Waals surface area contributed by atoms with Crippen LogP contribution in [0.15, 0.2) is 35.2 Å². The number of nitrogens with zero attached hydrogens (tertiary/aromatic N) is 3. The molecule has 1 amide bonds. The first-order valence-electron chi connectivity index (χ1n) is 8.40. The molecule has 7 nitrogen and oxygen atoms in total. The Hall–Kier alpha value is -2.38. The lowest BCUT2D eigenvalue weighted by Gasteiger charge is -2.29. The minimum Gasteiger partial charge on any atom is -0.446 e. The van der Waals surface area contributed by atoms with Gasteiger partial charge in [0.15, 0.2) is 12.2 Å². The van der Waals surface area contributed by atoms with Crippen LogP contribution >= 0.6 is 0 Å². The predicted molar refractivity (Wildman–Crippen MR) is 90.2 cm³/mol. The topological polar surface area (TPSA) is 68.0 Å². The maximum Gasteiger partial charge on any atom is 0.249 e. The molecule has 0 saturated carbocycles. The number of hydrogen-bond acceptors (Lipinski definition) is 6. The van der Waals surface area contributed by atoms with Crippen LogP contribution in [0.5, 0.6) is 0 Å². The number of carbonyl (C=O) groups excluding carboxylic acids is 1. The quantitative estimate of drug-likeness (QED) is 0.840. The zero-order chi connectivity index (χ0) is 17.2. The van der Waals surface area contributed by atoms with Crippen molar-refractivity contribution in [3.63, 3.8) is 0 Å². The van der Waals surface area contributed by atoms with Gasteiger partial charge in [-0.2, -0.15) is 0 Å². The molecule has 0 bridgehead atoms. The van der Waals surface area contributed by atoms with Gasteiger partial charge in [-0.15, -0.1) is 0 Å². The zero-order valence-corrected chi connectivity index (χ0v) is 14.2. The maximum absolute atomic E-state index is 12.5. The van der Waals surface area contributed by atoms with Crippen molar-refractivity contribution in [1.29, 1.82) is 0 Å². The van der Waals surface area contributed by atoms with Gasteiger partial charge in [0.05, 0.1) is 19.4 Å². The molecule has 0 aliphatic carbocycles. The van der Waals surface area contributed by atoms with Crippen LogP contribution in [0, 0.1) is 0 Å². The fraction of sp³-hybridized carbons (Fsp3) is 0.444. The summed E-state index contributed by atoms with van der Waals surface area (Å²) >= 11 is 0. The van der Waals surface area contributed by atoms with Crippen LogP contribution in [0.3, 0.4) is 0 Å². The summed E-state index contributed by atoms with van der Waals surface area (Å²) in [5, 5.41) is 0. The summed E-state index contributed by atoms with van der Waals surface area (Å²) in [6.45, 7) is 3.86. The molecule has 2 aliphatic heterocycles. The van der Waals surface area contributed by atoms with Crippen molar-refractivity contribution in [1.82, 2.24) is 9.88 Å². The SMILES string of the molecule is COCC(=O)N1Cc2cc(N3CCOCC3)ccc2C1c1cnco1. The molecular formula is C18H21N3O4. The van der Waals surface area contributed by atoms with E-state index >= 15 is 0 Å². The second-order valence-electron chi connectivity index (χ2n) is 6.24. The van der Waals surface area contributed by atoms with Gasteiger partial charge in [-0.25, -0.2) is 4.98 Å². The number of morpholine rings is 1. The van der Waals surface area contributed by atoms with E-state index in [2.05, 4.69) is 28.1 Å². The number of benzene rings is 1. The van der Waals surface area contributed by atoms with Crippen LogP contribution in [0.1, 0.15) is 22.9 Å². The molecule has 3 heterocycles. The van der Waals surface area contributed by atoms with E-state index in [9.17, 15) is 4.79 Å². The summed E-state index contributed by atoms with van der Waals surface area (Å²) < 4.78 is 16.0. The van der Waals surface area contributed by atoms with Gasteiger partial charge in [0.25, 0.3) is 0 Å². The number of fused-ring (bicyclic) bond motifs is 1. The largest absolute Gasteiger partial charge is 0.446 e. The van der Waals surface area contributed by atoms with Crippen molar-refractivity contribution in [2.75, 3.05) is 44.9 Å². The van der Waals surface area contributed by atoms with Crippen LogP contribution in [0.2, 0.25) is 0 Å². The lowest BCUT2D eigenvalue weighted by Crippen LogP contribution is -2.36. The Balaban J connectivity index is 1.67. The third kappa shape index (κ3) is 3.01. The second kappa shape index (κ2) is 6.85. The molecule has 7 heteroatoms. The van der Waals surface area contributed by atoms with Crippen molar-refractivity contribution >= 4 is 11.6 Å². The van der Waals surface area contributed by atoms with Crippen molar-refractivity contribution in [3.8, 4) is 0 Å². The van der Waals surface area contributed by atoms with Gasteiger partial charge in [0, 0.05) is 32.4 Å². The summed E-state index contributed by atoms with van der Waals surface area (Å²) in [7, 11) is 1.53. The molecule has 1 aromatic carbocycles. The van der Waals surface area contributed by atoms with Crippen LogP contribution in [-0.2, 0) is 20.8 Å². The van der Waals surface area contributed by atoms with Gasteiger partial charge < -0.3 is 23.7 Å². The molecule has 4 rings (SSSR count). The number of ether oxygens (including phenoxy) is 2. The molecule has 2 aliphatic rings. The normalized spacial score (nSPS) is 20.0. The molecule has 2 aromatic rings. The third-order valence-corrected chi connectivity index (χ3v) is 4.76. The molecule has 1 aromatic heterocycles. The number of hydrogen-bond donors (Lipinski definition) is 0. The highest BCUT2D eigenvalue weighted by Gasteiger charge is 2.37. The average molecular weight is 343 g/mol. The van der Waals surface area contributed by atoms with Gasteiger partial charge in [-0.05, 0) is 23.3 Å². The number of amides is 1. The van der Waals surface area contributed by atoms with E-state index in [1.807, 2.05) is 0 Å². The number of anilines is 1. The van der Waals surface area contributed by atoms with Gasteiger partial charge in [-0.3, -0.25) is 4.79 Å². The van der Waals surface area contributed by atoms with Crippen molar-refractivity contribution in [2.24, 2.45) is 0 Å². The van der Waals surface area contributed by atoms with Gasteiger partial charge in [0.2, 0.25) is 5.91 Å². The van der Waals surface area contributed by atoms with Crippen molar-refractivity contribution in [3.05, 3.63) is 47.7 Å². The van der Waals surface area contributed by atoms with E-state index in [0.717, 1.165) is 37.4 Å². The van der Waals surface area contributed by atoms with Gasteiger partial charge in [-0.1, -0.05) is 6.07 Å². The lowest BCUT2D eigenvalue weighted by molar-refractivity contribution is -0.137. The molecule has 1 atom stereocenters. The predicted octanol–water partition coefficient (Wildman–Crippen LogP) is 1.59. The number of carbonyl (C=O) groups is 1. The van der Waals surface area contributed by atoms with E-state index in [1.54, 1.807) is 11.1 Å². The minimum absolute atomic E-state index is 0.0505. The highest BCUT2D eigenvalue weighted by atomic mass is 16.5. The number of oxazole rings is 1. The Kier molecular flexibility index (Phi) is 4.42. The first kappa shape index (κ1) is 16.1.